The highest BCUT2D eigenvalue weighted by molar-refractivity contribution is 5.71. The highest BCUT2D eigenvalue weighted by Crippen LogP contribution is 2.50. The molecule has 304 valence electrons. The van der Waals surface area contributed by atoms with Gasteiger partial charge in [-0.1, -0.05) is 76.6 Å². The van der Waals surface area contributed by atoms with Gasteiger partial charge in [-0.05, 0) is 147 Å². The Labute approximate surface area is 328 Å². The van der Waals surface area contributed by atoms with E-state index in [0.717, 1.165) is 119 Å². The normalized spacial score (nSPS) is 27.7. The third-order valence-corrected chi connectivity index (χ3v) is 13.6. The molecule has 4 N–H and O–H groups in total. The number of carbonyl (C=O) groups is 2. The highest BCUT2D eigenvalue weighted by Gasteiger charge is 2.48. The number of aliphatic hydroxyl groups is 3. The summed E-state index contributed by atoms with van der Waals surface area (Å²) in [5.41, 5.74) is 4.56. The second kappa shape index (κ2) is 19.8. The first-order chi connectivity index (χ1) is 26.6. The predicted octanol–water partition coefficient (Wildman–Crippen LogP) is 7.65. The number of fused-ring (bicyclic) bond motifs is 4. The Morgan fingerprint density at radius 3 is 1.78 bits per heavy atom. The summed E-state index contributed by atoms with van der Waals surface area (Å²) >= 11 is 0. The van der Waals surface area contributed by atoms with Crippen LogP contribution >= 0.6 is 0 Å². The van der Waals surface area contributed by atoms with Crippen molar-refractivity contribution >= 4 is 11.9 Å². The number of unbranched alkanes of at least 4 members (excludes halogenated alkanes) is 4. The van der Waals surface area contributed by atoms with Crippen molar-refractivity contribution in [3.05, 3.63) is 58.7 Å². The van der Waals surface area contributed by atoms with Crippen molar-refractivity contribution in [1.29, 1.82) is 0 Å². The van der Waals surface area contributed by atoms with Crippen molar-refractivity contribution in [1.82, 2.24) is 0 Å². The van der Waals surface area contributed by atoms with Crippen LogP contribution in [0.4, 0.5) is 0 Å². The van der Waals surface area contributed by atoms with Crippen molar-refractivity contribution in [2.45, 2.75) is 154 Å². The molecule has 10 atom stereocenters. The molecular weight excluding hydrogens is 696 g/mol. The zero-order valence-corrected chi connectivity index (χ0v) is 33.2. The Kier molecular flexibility index (Phi) is 15.0. The Morgan fingerprint density at radius 1 is 0.691 bits per heavy atom. The summed E-state index contributed by atoms with van der Waals surface area (Å²) in [6.45, 7) is 3.77. The number of hydrogen-bond acceptors (Lipinski definition) is 8. The second-order valence-electron chi connectivity index (χ2n) is 17.3. The third kappa shape index (κ3) is 10.6. The summed E-state index contributed by atoms with van der Waals surface area (Å²) in [6, 6.07) is 11.9. The van der Waals surface area contributed by atoms with E-state index in [1.807, 2.05) is 24.3 Å². The quantitative estimate of drug-likeness (QED) is 0.0746. The topological polar surface area (TPSA) is 143 Å². The van der Waals surface area contributed by atoms with Crippen molar-refractivity contribution in [2.75, 3.05) is 13.2 Å². The minimum absolute atomic E-state index is 0.104. The molecule has 0 aromatic heterocycles. The first kappa shape index (κ1) is 41.5. The lowest BCUT2D eigenvalue weighted by Gasteiger charge is -2.33. The molecule has 2 aromatic carbocycles. The lowest BCUT2D eigenvalue weighted by molar-refractivity contribution is -0.153. The molecule has 9 heteroatoms. The lowest BCUT2D eigenvalue weighted by Crippen LogP contribution is -2.31. The van der Waals surface area contributed by atoms with Gasteiger partial charge in [0.1, 0.15) is 17.6 Å². The first-order valence-electron chi connectivity index (χ1n) is 21.6. The lowest BCUT2D eigenvalue weighted by atomic mass is 9.73. The molecule has 0 aliphatic heterocycles. The highest BCUT2D eigenvalue weighted by atomic mass is 16.6. The molecule has 6 rings (SSSR count). The zero-order chi connectivity index (χ0) is 38.9. The van der Waals surface area contributed by atoms with Crippen LogP contribution < -0.4 is 9.47 Å². The van der Waals surface area contributed by atoms with Crippen molar-refractivity contribution < 1.29 is 44.2 Å². The van der Waals surface area contributed by atoms with Gasteiger partial charge in [-0.2, -0.15) is 0 Å². The molecule has 4 aliphatic carbocycles. The zero-order valence-electron chi connectivity index (χ0n) is 33.2. The summed E-state index contributed by atoms with van der Waals surface area (Å²) in [4.78, 5) is 24.8. The smallest absolute Gasteiger partial charge is 0.344 e. The van der Waals surface area contributed by atoms with Gasteiger partial charge in [0.15, 0.2) is 13.2 Å². The maximum Gasteiger partial charge on any atom is 0.344 e. The molecule has 0 saturated heterocycles. The first-order valence-corrected chi connectivity index (χ1v) is 21.6. The van der Waals surface area contributed by atoms with Gasteiger partial charge in [0.2, 0.25) is 0 Å². The van der Waals surface area contributed by atoms with Gasteiger partial charge in [0.25, 0.3) is 0 Å². The molecule has 0 unspecified atom stereocenters. The van der Waals surface area contributed by atoms with Crippen LogP contribution in [-0.2, 0) is 40.0 Å². The molecular formula is C46H66O9. The van der Waals surface area contributed by atoms with Gasteiger partial charge in [0.05, 0.1) is 18.3 Å². The van der Waals surface area contributed by atoms with Crippen molar-refractivity contribution in [2.24, 2.45) is 35.5 Å². The van der Waals surface area contributed by atoms with Crippen LogP contribution in [0, 0.1) is 35.5 Å². The molecule has 2 fully saturated rings. The van der Waals surface area contributed by atoms with Crippen LogP contribution in [0.2, 0.25) is 0 Å². The van der Waals surface area contributed by atoms with Gasteiger partial charge in [-0.25, -0.2) is 9.59 Å². The number of esters is 1. The van der Waals surface area contributed by atoms with E-state index in [1.165, 1.54) is 5.56 Å². The second-order valence-corrected chi connectivity index (χ2v) is 17.3. The van der Waals surface area contributed by atoms with E-state index in [1.54, 1.807) is 0 Å². The summed E-state index contributed by atoms with van der Waals surface area (Å²) in [6.07, 6.45) is 14.6. The molecule has 2 aromatic rings. The molecule has 2 saturated carbocycles. The molecule has 4 aliphatic rings. The molecule has 0 heterocycles. The maximum atomic E-state index is 13.6. The SMILES string of the molecule is CCCCC[C@@H](O)CC[C@@H]1[C@H]2Cc3cccc(OCC(=O)O)c3C[C@H]2C[C@H]1OC(=O)COc1cccc2c1C[C@H]1C[C@@H](O)[C@H](CC[C@@H](O)CCCCC)[C@H]1C2. The Balaban J connectivity index is 1.08. The number of aliphatic carboxylic acids is 1. The number of benzene rings is 2. The van der Waals surface area contributed by atoms with Crippen molar-refractivity contribution in [3.8, 4) is 11.5 Å². The Hall–Kier alpha value is -3.14. The Bertz CT molecular complexity index is 1560. The molecule has 0 amide bonds. The fourth-order valence-corrected chi connectivity index (χ4v) is 10.8. The van der Waals surface area contributed by atoms with Gasteiger partial charge < -0.3 is 34.6 Å². The fourth-order valence-electron chi connectivity index (χ4n) is 10.8. The minimum Gasteiger partial charge on any atom is -0.482 e. The minimum atomic E-state index is -1.01. The van der Waals surface area contributed by atoms with E-state index in [-0.39, 0.29) is 67.3 Å². The average molecular weight is 763 g/mol. The molecule has 0 radical (unpaired) electrons. The van der Waals surface area contributed by atoms with Crippen LogP contribution in [0.5, 0.6) is 11.5 Å². The van der Waals surface area contributed by atoms with E-state index in [4.69, 9.17) is 14.2 Å². The number of ether oxygens (including phenoxy) is 3. The largest absolute Gasteiger partial charge is 0.482 e. The predicted molar refractivity (Wildman–Crippen MR) is 211 cm³/mol. The summed E-state index contributed by atoms with van der Waals surface area (Å²) in [7, 11) is 0. The molecule has 9 nitrogen and oxygen atoms in total. The van der Waals surface area contributed by atoms with Crippen LogP contribution in [0.1, 0.15) is 126 Å². The number of carboxylic acids is 1. The maximum absolute atomic E-state index is 13.6. The number of carbonyl (C=O) groups excluding carboxylic acids is 1. The summed E-state index contributed by atoms with van der Waals surface area (Å²) in [5.74, 6) is 1.50. The molecule has 0 bridgehead atoms. The fraction of sp³-hybridized carbons (Fsp3) is 0.696. The van der Waals surface area contributed by atoms with Gasteiger partial charge in [-0.15, -0.1) is 0 Å². The number of carboxylic acid groups (broad SMARTS) is 1. The van der Waals surface area contributed by atoms with Crippen molar-refractivity contribution in [3.63, 3.8) is 0 Å². The van der Waals surface area contributed by atoms with E-state index < -0.39 is 5.97 Å². The number of hydrogen-bond donors (Lipinski definition) is 4. The van der Waals surface area contributed by atoms with E-state index >= 15 is 0 Å². The summed E-state index contributed by atoms with van der Waals surface area (Å²) < 4.78 is 18.2. The average Bonchev–Trinajstić information content (AvgIpc) is 3.66. The van der Waals surface area contributed by atoms with E-state index in [2.05, 4.69) is 26.0 Å². The standard InChI is InChI=1S/C46H66O9/c1-3-5-7-13-33(47)17-19-35-37-21-29-11-10-16-43(39(29)23-31(37)25-41(35)49)54-28-46(52)55-44-26-32-24-40-30(12-9-15-42(40)53-27-45(50)51)22-38(32)36(44)20-18-34(48)14-8-6-4-2/h9-12,15-16,31-38,41,44,47-49H,3-8,13-14,17-28H2,1-2H3,(H,50,51)/t31-,32-,33-,34+,35+,36+,37-,38-,41+,44+/m0/s1. The molecule has 55 heavy (non-hydrogen) atoms. The van der Waals surface area contributed by atoms with E-state index in [0.29, 0.717) is 36.2 Å². The van der Waals surface area contributed by atoms with Crippen LogP contribution in [-0.4, -0.2) is 70.0 Å². The van der Waals surface area contributed by atoms with Gasteiger partial charge in [-0.3, -0.25) is 0 Å². The third-order valence-electron chi connectivity index (χ3n) is 13.6. The van der Waals surface area contributed by atoms with Gasteiger partial charge in [0, 0.05) is 0 Å². The number of rotatable bonds is 21. The number of aliphatic hydroxyl groups excluding tert-OH is 3. The monoisotopic (exact) mass is 762 g/mol. The van der Waals surface area contributed by atoms with E-state index in [9.17, 15) is 30.0 Å². The van der Waals surface area contributed by atoms with Crippen LogP contribution in [0.3, 0.4) is 0 Å². The summed E-state index contributed by atoms with van der Waals surface area (Å²) in [5, 5.41) is 41.8. The van der Waals surface area contributed by atoms with Crippen LogP contribution in [0.15, 0.2) is 36.4 Å². The Morgan fingerprint density at radius 2 is 1.22 bits per heavy atom. The van der Waals surface area contributed by atoms with Gasteiger partial charge >= 0.3 is 11.9 Å². The molecule has 0 spiro atoms. The van der Waals surface area contributed by atoms with Crippen LogP contribution in [0.25, 0.3) is 0 Å².